The fourth-order valence-corrected chi connectivity index (χ4v) is 4.05. The lowest BCUT2D eigenvalue weighted by molar-refractivity contribution is -0.116. The summed E-state index contributed by atoms with van der Waals surface area (Å²) in [5.41, 5.74) is 3.54. The normalized spacial score (nSPS) is 13.7. The third kappa shape index (κ3) is 4.21. The highest BCUT2D eigenvalue weighted by molar-refractivity contribution is 5.93. The zero-order chi connectivity index (χ0) is 21.2. The van der Waals surface area contributed by atoms with E-state index in [0.29, 0.717) is 18.1 Å². The Labute approximate surface area is 179 Å². The maximum Gasteiger partial charge on any atom is 0.224 e. The monoisotopic (exact) mass is 418 g/mol. The molecule has 1 aliphatic heterocycles. The second kappa shape index (κ2) is 8.34. The number of anilines is 1. The van der Waals surface area contributed by atoms with E-state index in [-0.39, 0.29) is 18.1 Å². The van der Waals surface area contributed by atoms with Crippen molar-refractivity contribution in [3.8, 4) is 11.3 Å². The minimum absolute atomic E-state index is 0.110. The van der Waals surface area contributed by atoms with Crippen LogP contribution >= 0.6 is 0 Å². The highest BCUT2D eigenvalue weighted by Gasteiger charge is 2.15. The van der Waals surface area contributed by atoms with Crippen LogP contribution in [-0.4, -0.2) is 20.4 Å². The van der Waals surface area contributed by atoms with Gasteiger partial charge in [-0.1, -0.05) is 6.42 Å². The minimum Gasteiger partial charge on any atom is -0.441 e. The molecule has 1 N–H and O–H groups in total. The lowest BCUT2D eigenvalue weighted by Gasteiger charge is -2.06. The zero-order valence-electron chi connectivity index (χ0n) is 17.1. The first-order valence-electron chi connectivity index (χ1n) is 10.7. The summed E-state index contributed by atoms with van der Waals surface area (Å²) >= 11 is 0. The van der Waals surface area contributed by atoms with Gasteiger partial charge < -0.3 is 14.3 Å². The van der Waals surface area contributed by atoms with Gasteiger partial charge in [0.05, 0.1) is 17.2 Å². The molecule has 1 amide bonds. The molecular formula is C24H23FN4O2. The van der Waals surface area contributed by atoms with E-state index in [1.54, 1.807) is 18.3 Å². The Balaban J connectivity index is 1.22. The molecule has 4 aromatic rings. The molecule has 0 aliphatic carbocycles. The van der Waals surface area contributed by atoms with Crippen LogP contribution in [0.15, 0.2) is 53.1 Å². The summed E-state index contributed by atoms with van der Waals surface area (Å²) in [5.74, 6) is 1.76. The number of hydrogen-bond acceptors (Lipinski definition) is 4. The van der Waals surface area contributed by atoms with E-state index in [1.165, 1.54) is 31.4 Å². The lowest BCUT2D eigenvalue weighted by atomic mass is 10.2. The number of rotatable bonds is 5. The number of carbonyl (C=O) groups is 1. The van der Waals surface area contributed by atoms with Gasteiger partial charge in [-0.2, -0.15) is 0 Å². The summed E-state index contributed by atoms with van der Waals surface area (Å²) in [6.45, 7) is 1.01. The second-order valence-corrected chi connectivity index (χ2v) is 7.87. The quantitative estimate of drug-likeness (QED) is 0.488. The molecule has 0 atom stereocenters. The standard InChI is InChI=1S/C24H23FN4O2/c25-17-7-5-16(6-8-17)21-15-26-24(31-21)12-11-23(30)27-18-9-10-20-19(14-18)28-22-4-2-1-3-13-29(20)22/h5-10,14-15H,1-4,11-13H2,(H,27,30). The fraction of sp³-hybridized carbons (Fsp3) is 0.292. The maximum absolute atomic E-state index is 13.1. The van der Waals surface area contributed by atoms with Crippen LogP contribution in [-0.2, 0) is 24.2 Å². The molecule has 158 valence electrons. The van der Waals surface area contributed by atoms with E-state index >= 15 is 0 Å². The van der Waals surface area contributed by atoms with Crippen molar-refractivity contribution >= 4 is 22.6 Å². The molecule has 3 heterocycles. The van der Waals surface area contributed by atoms with E-state index in [4.69, 9.17) is 9.40 Å². The van der Waals surface area contributed by atoms with Gasteiger partial charge in [0.1, 0.15) is 11.6 Å². The number of imidazole rings is 1. The van der Waals surface area contributed by atoms with Gasteiger partial charge in [-0.25, -0.2) is 14.4 Å². The van der Waals surface area contributed by atoms with Crippen LogP contribution in [0.1, 0.15) is 37.4 Å². The topological polar surface area (TPSA) is 73.0 Å². The predicted octanol–water partition coefficient (Wildman–Crippen LogP) is 5.13. The Morgan fingerprint density at radius 1 is 1.13 bits per heavy atom. The number of oxazole rings is 1. The molecule has 6 nitrogen and oxygen atoms in total. The van der Waals surface area contributed by atoms with Gasteiger partial charge in [-0.15, -0.1) is 0 Å². The van der Waals surface area contributed by atoms with Crippen molar-refractivity contribution in [2.24, 2.45) is 0 Å². The number of nitrogens with one attached hydrogen (secondary N) is 1. The first-order chi connectivity index (χ1) is 15.2. The molecule has 0 fully saturated rings. The first-order valence-corrected chi connectivity index (χ1v) is 10.7. The van der Waals surface area contributed by atoms with Gasteiger partial charge in [-0.3, -0.25) is 4.79 Å². The van der Waals surface area contributed by atoms with Crippen molar-refractivity contribution < 1.29 is 13.6 Å². The van der Waals surface area contributed by atoms with Crippen LogP contribution in [0.2, 0.25) is 0 Å². The van der Waals surface area contributed by atoms with E-state index in [1.807, 2.05) is 18.2 Å². The molecule has 0 radical (unpaired) electrons. The number of aryl methyl sites for hydroxylation is 3. The molecule has 7 heteroatoms. The fourth-order valence-electron chi connectivity index (χ4n) is 4.05. The van der Waals surface area contributed by atoms with E-state index in [9.17, 15) is 9.18 Å². The lowest BCUT2D eigenvalue weighted by Crippen LogP contribution is -2.12. The molecule has 0 bridgehead atoms. The molecule has 31 heavy (non-hydrogen) atoms. The van der Waals surface area contributed by atoms with Crippen molar-refractivity contribution in [2.75, 3.05) is 5.32 Å². The van der Waals surface area contributed by atoms with Gasteiger partial charge in [-0.05, 0) is 55.3 Å². The highest BCUT2D eigenvalue weighted by atomic mass is 19.1. The Bertz CT molecular complexity index is 1230. The number of aromatic nitrogens is 3. The summed E-state index contributed by atoms with van der Waals surface area (Å²) in [6.07, 6.45) is 6.84. The Kier molecular flexibility index (Phi) is 5.24. The Morgan fingerprint density at radius 2 is 2.00 bits per heavy atom. The van der Waals surface area contributed by atoms with Gasteiger partial charge >= 0.3 is 0 Å². The van der Waals surface area contributed by atoms with Crippen LogP contribution < -0.4 is 5.32 Å². The summed E-state index contributed by atoms with van der Waals surface area (Å²) in [5, 5.41) is 2.94. The molecule has 2 aromatic heterocycles. The van der Waals surface area contributed by atoms with E-state index < -0.39 is 0 Å². The summed E-state index contributed by atoms with van der Waals surface area (Å²) < 4.78 is 21.1. The number of amides is 1. The second-order valence-electron chi connectivity index (χ2n) is 7.87. The van der Waals surface area contributed by atoms with Crippen LogP contribution in [0.4, 0.5) is 10.1 Å². The third-order valence-corrected chi connectivity index (χ3v) is 5.64. The number of benzene rings is 2. The number of hydrogen-bond donors (Lipinski definition) is 1. The largest absolute Gasteiger partial charge is 0.441 e. The molecule has 0 spiro atoms. The predicted molar refractivity (Wildman–Crippen MR) is 116 cm³/mol. The summed E-state index contributed by atoms with van der Waals surface area (Å²) in [7, 11) is 0. The van der Waals surface area contributed by atoms with Crippen molar-refractivity contribution in [1.29, 1.82) is 0 Å². The average Bonchev–Trinajstić information content (AvgIpc) is 3.30. The molecule has 0 unspecified atom stereocenters. The Hall–Kier alpha value is -3.48. The van der Waals surface area contributed by atoms with E-state index in [2.05, 4.69) is 14.9 Å². The molecule has 5 rings (SSSR count). The van der Waals surface area contributed by atoms with Crippen LogP contribution in [0, 0.1) is 5.82 Å². The van der Waals surface area contributed by atoms with Crippen LogP contribution in [0.25, 0.3) is 22.4 Å². The smallest absolute Gasteiger partial charge is 0.224 e. The van der Waals surface area contributed by atoms with Crippen molar-refractivity contribution in [1.82, 2.24) is 14.5 Å². The number of fused-ring (bicyclic) bond motifs is 3. The summed E-state index contributed by atoms with van der Waals surface area (Å²) in [6, 6.07) is 11.9. The molecular weight excluding hydrogens is 395 g/mol. The van der Waals surface area contributed by atoms with Gasteiger partial charge in [0.2, 0.25) is 5.91 Å². The van der Waals surface area contributed by atoms with Gasteiger partial charge in [0.25, 0.3) is 0 Å². The van der Waals surface area contributed by atoms with Crippen LogP contribution in [0.5, 0.6) is 0 Å². The number of halogens is 1. The third-order valence-electron chi connectivity index (χ3n) is 5.64. The van der Waals surface area contributed by atoms with E-state index in [0.717, 1.165) is 41.1 Å². The SMILES string of the molecule is O=C(CCc1ncc(-c2ccc(F)cc2)o1)Nc1ccc2c(c1)nc1n2CCCCC1. The van der Waals surface area contributed by atoms with Crippen molar-refractivity contribution in [2.45, 2.75) is 45.1 Å². The highest BCUT2D eigenvalue weighted by Crippen LogP contribution is 2.25. The molecule has 0 saturated heterocycles. The van der Waals surface area contributed by atoms with Gasteiger partial charge in [0.15, 0.2) is 11.7 Å². The number of nitrogens with zero attached hydrogens (tertiary/aromatic N) is 3. The van der Waals surface area contributed by atoms with Gasteiger partial charge in [0, 0.05) is 37.1 Å². The average molecular weight is 418 g/mol. The van der Waals surface area contributed by atoms with Crippen molar-refractivity contribution in [3.05, 3.63) is 66.2 Å². The Morgan fingerprint density at radius 3 is 2.87 bits per heavy atom. The number of carbonyl (C=O) groups excluding carboxylic acids is 1. The molecule has 1 aliphatic rings. The molecule has 0 saturated carbocycles. The summed E-state index contributed by atoms with van der Waals surface area (Å²) in [4.78, 5) is 21.4. The molecule has 2 aromatic carbocycles. The van der Waals surface area contributed by atoms with Crippen LogP contribution in [0.3, 0.4) is 0 Å². The maximum atomic E-state index is 13.1. The minimum atomic E-state index is -0.301. The zero-order valence-corrected chi connectivity index (χ0v) is 17.1. The van der Waals surface area contributed by atoms with Crippen molar-refractivity contribution in [3.63, 3.8) is 0 Å². The first kappa shape index (κ1) is 19.5.